The highest BCUT2D eigenvalue weighted by Crippen LogP contribution is 2.44. The molecule has 0 aliphatic carbocycles. The van der Waals surface area contributed by atoms with E-state index in [0.717, 1.165) is 50.1 Å². The van der Waals surface area contributed by atoms with Crippen LogP contribution in [-0.4, -0.2) is 0 Å². The minimum Gasteiger partial charge on any atom is -0.455 e. The van der Waals surface area contributed by atoms with Crippen molar-refractivity contribution in [2.24, 2.45) is 0 Å². The lowest BCUT2D eigenvalue weighted by Crippen LogP contribution is -2.10. The molecule has 1 aromatic heterocycles. The summed E-state index contributed by atoms with van der Waals surface area (Å²) in [5, 5.41) is 4.61. The van der Waals surface area contributed by atoms with E-state index in [2.05, 4.69) is 169 Å². The minimum absolute atomic E-state index is 0.900. The number of benzene rings is 7. The van der Waals surface area contributed by atoms with E-state index < -0.39 is 0 Å². The quantitative estimate of drug-likeness (QED) is 0.217. The van der Waals surface area contributed by atoms with Crippen molar-refractivity contribution in [1.29, 1.82) is 0 Å². The standard InChI is InChI=1S/C40H27NO/c1-4-12-28(13-5-1)29-20-22-34(23-21-29)41(33-18-8-3-9-19-33)35-26-36(30-14-6-2-7-15-30)40-38(27-35)37-24-31-16-10-11-17-32(31)25-39(37)42-40/h1-27H. The van der Waals surface area contributed by atoms with Gasteiger partial charge < -0.3 is 9.32 Å². The van der Waals surface area contributed by atoms with Crippen LogP contribution in [0.15, 0.2) is 168 Å². The minimum atomic E-state index is 0.900. The van der Waals surface area contributed by atoms with Crippen LogP contribution in [0.1, 0.15) is 0 Å². The number of para-hydroxylation sites is 1. The van der Waals surface area contributed by atoms with Gasteiger partial charge in [-0.25, -0.2) is 0 Å². The van der Waals surface area contributed by atoms with Crippen LogP contribution in [0.4, 0.5) is 17.1 Å². The molecule has 0 unspecified atom stereocenters. The second-order valence-electron chi connectivity index (χ2n) is 10.6. The lowest BCUT2D eigenvalue weighted by molar-refractivity contribution is 0.670. The van der Waals surface area contributed by atoms with Crippen molar-refractivity contribution in [3.05, 3.63) is 164 Å². The summed E-state index contributed by atoms with van der Waals surface area (Å²) in [5.74, 6) is 0. The summed E-state index contributed by atoms with van der Waals surface area (Å²) < 4.78 is 6.64. The van der Waals surface area contributed by atoms with Crippen LogP contribution in [0.5, 0.6) is 0 Å². The van der Waals surface area contributed by atoms with Gasteiger partial charge in [-0.15, -0.1) is 0 Å². The molecule has 42 heavy (non-hydrogen) atoms. The second-order valence-corrected chi connectivity index (χ2v) is 10.6. The topological polar surface area (TPSA) is 16.4 Å². The first-order valence-corrected chi connectivity index (χ1v) is 14.3. The number of fused-ring (bicyclic) bond motifs is 4. The van der Waals surface area contributed by atoms with E-state index in [4.69, 9.17) is 4.42 Å². The number of rotatable bonds is 5. The Kier molecular flexibility index (Phi) is 5.82. The first-order valence-electron chi connectivity index (χ1n) is 14.3. The van der Waals surface area contributed by atoms with Gasteiger partial charge in [-0.1, -0.05) is 115 Å². The Morgan fingerprint density at radius 2 is 0.929 bits per heavy atom. The lowest BCUT2D eigenvalue weighted by Gasteiger charge is -2.26. The van der Waals surface area contributed by atoms with Crippen molar-refractivity contribution in [1.82, 2.24) is 0 Å². The largest absolute Gasteiger partial charge is 0.455 e. The summed E-state index contributed by atoms with van der Waals surface area (Å²) in [7, 11) is 0. The van der Waals surface area contributed by atoms with E-state index in [9.17, 15) is 0 Å². The molecule has 0 aliphatic rings. The van der Waals surface area contributed by atoms with E-state index in [1.807, 2.05) is 0 Å². The number of anilines is 3. The van der Waals surface area contributed by atoms with Crippen molar-refractivity contribution >= 4 is 49.8 Å². The second kappa shape index (κ2) is 10.1. The zero-order chi connectivity index (χ0) is 27.9. The Hall–Kier alpha value is -5.60. The normalized spacial score (nSPS) is 11.3. The zero-order valence-corrected chi connectivity index (χ0v) is 22.9. The molecule has 8 rings (SSSR count). The Labute approximate surface area is 244 Å². The molecule has 0 aliphatic heterocycles. The highest BCUT2D eigenvalue weighted by Gasteiger charge is 2.20. The Morgan fingerprint density at radius 1 is 0.381 bits per heavy atom. The molecule has 0 saturated heterocycles. The highest BCUT2D eigenvalue weighted by molar-refractivity contribution is 6.14. The van der Waals surface area contributed by atoms with Crippen LogP contribution >= 0.6 is 0 Å². The average Bonchev–Trinajstić information content (AvgIpc) is 3.42. The number of nitrogens with zero attached hydrogens (tertiary/aromatic N) is 1. The molecular formula is C40H27NO. The molecule has 0 spiro atoms. The number of furan rings is 1. The summed E-state index contributed by atoms with van der Waals surface area (Å²) in [4.78, 5) is 2.33. The van der Waals surface area contributed by atoms with Gasteiger partial charge in [-0.2, -0.15) is 0 Å². The molecule has 0 radical (unpaired) electrons. The van der Waals surface area contributed by atoms with E-state index in [-0.39, 0.29) is 0 Å². The molecule has 1 heterocycles. The maximum atomic E-state index is 6.64. The van der Waals surface area contributed by atoms with Crippen molar-refractivity contribution in [2.75, 3.05) is 4.90 Å². The van der Waals surface area contributed by atoms with Gasteiger partial charge in [-0.3, -0.25) is 0 Å². The Bertz CT molecular complexity index is 2160. The monoisotopic (exact) mass is 537 g/mol. The summed E-state index contributed by atoms with van der Waals surface area (Å²) in [6.07, 6.45) is 0. The Morgan fingerprint density at radius 3 is 1.62 bits per heavy atom. The molecule has 7 aromatic carbocycles. The fraction of sp³-hybridized carbons (Fsp3) is 0. The first-order chi connectivity index (χ1) is 20.8. The molecule has 0 bridgehead atoms. The lowest BCUT2D eigenvalue weighted by atomic mass is 9.99. The van der Waals surface area contributed by atoms with E-state index >= 15 is 0 Å². The van der Waals surface area contributed by atoms with Gasteiger partial charge >= 0.3 is 0 Å². The van der Waals surface area contributed by atoms with Crippen LogP contribution in [-0.2, 0) is 0 Å². The molecule has 2 heteroatoms. The summed E-state index contributed by atoms with van der Waals surface area (Å²) in [6.45, 7) is 0. The predicted octanol–water partition coefficient (Wildman–Crippen LogP) is 11.5. The molecule has 198 valence electrons. The fourth-order valence-corrected chi connectivity index (χ4v) is 5.97. The van der Waals surface area contributed by atoms with E-state index in [1.54, 1.807) is 0 Å². The molecule has 8 aromatic rings. The third kappa shape index (κ3) is 4.22. The molecule has 2 nitrogen and oxygen atoms in total. The van der Waals surface area contributed by atoms with Crippen molar-refractivity contribution < 1.29 is 4.42 Å². The smallest absolute Gasteiger partial charge is 0.143 e. The SMILES string of the molecule is c1ccc(-c2ccc(N(c3ccccc3)c3cc(-c4ccccc4)c4oc5cc6ccccc6cc5c4c3)cc2)cc1. The van der Waals surface area contributed by atoms with Gasteiger partial charge in [0.2, 0.25) is 0 Å². The molecule has 0 atom stereocenters. The predicted molar refractivity (Wildman–Crippen MR) is 177 cm³/mol. The van der Waals surface area contributed by atoms with Crippen molar-refractivity contribution in [3.63, 3.8) is 0 Å². The molecule has 0 saturated carbocycles. The summed E-state index contributed by atoms with van der Waals surface area (Å²) in [6, 6.07) is 57.9. The van der Waals surface area contributed by atoms with Gasteiger partial charge in [0.1, 0.15) is 11.2 Å². The van der Waals surface area contributed by atoms with Crippen molar-refractivity contribution in [2.45, 2.75) is 0 Å². The van der Waals surface area contributed by atoms with Gasteiger partial charge in [-0.05, 0) is 76.0 Å². The first kappa shape index (κ1) is 24.2. The summed E-state index contributed by atoms with van der Waals surface area (Å²) in [5.41, 5.74) is 9.68. The molecule has 0 fully saturated rings. The number of hydrogen-bond donors (Lipinski definition) is 0. The maximum absolute atomic E-state index is 6.64. The van der Waals surface area contributed by atoms with Crippen LogP contribution < -0.4 is 4.90 Å². The highest BCUT2D eigenvalue weighted by atomic mass is 16.3. The van der Waals surface area contributed by atoms with Crippen LogP contribution in [0.25, 0.3) is 55.0 Å². The van der Waals surface area contributed by atoms with Crippen molar-refractivity contribution in [3.8, 4) is 22.3 Å². The number of hydrogen-bond acceptors (Lipinski definition) is 2. The van der Waals surface area contributed by atoms with Crippen LogP contribution in [0.2, 0.25) is 0 Å². The molecular weight excluding hydrogens is 510 g/mol. The third-order valence-electron chi connectivity index (χ3n) is 8.01. The molecule has 0 amide bonds. The average molecular weight is 538 g/mol. The van der Waals surface area contributed by atoms with E-state index in [0.29, 0.717) is 0 Å². The fourth-order valence-electron chi connectivity index (χ4n) is 5.97. The van der Waals surface area contributed by atoms with Gasteiger partial charge in [0, 0.05) is 33.4 Å². The molecule has 0 N–H and O–H groups in total. The van der Waals surface area contributed by atoms with Crippen LogP contribution in [0, 0.1) is 0 Å². The van der Waals surface area contributed by atoms with Gasteiger partial charge in [0.15, 0.2) is 0 Å². The third-order valence-corrected chi connectivity index (χ3v) is 8.01. The summed E-state index contributed by atoms with van der Waals surface area (Å²) >= 11 is 0. The van der Waals surface area contributed by atoms with Crippen LogP contribution in [0.3, 0.4) is 0 Å². The van der Waals surface area contributed by atoms with E-state index in [1.165, 1.54) is 21.9 Å². The van der Waals surface area contributed by atoms with Gasteiger partial charge in [0.05, 0.1) is 0 Å². The Balaban J connectivity index is 1.38. The maximum Gasteiger partial charge on any atom is 0.143 e. The zero-order valence-electron chi connectivity index (χ0n) is 22.9. The van der Waals surface area contributed by atoms with Gasteiger partial charge in [0.25, 0.3) is 0 Å².